The number of aromatic amines is 1. The van der Waals surface area contributed by atoms with E-state index in [0.717, 1.165) is 0 Å². The van der Waals surface area contributed by atoms with Crippen molar-refractivity contribution in [3.63, 3.8) is 0 Å². The minimum atomic E-state index is -0.179. The molecule has 48 valence electrons. The van der Waals surface area contributed by atoms with E-state index in [-0.39, 0.29) is 12.1 Å². The number of carbonyl (C=O) groups excluding carboxylic acids is 1. The molecule has 1 rings (SSSR count). The second-order valence-corrected chi connectivity index (χ2v) is 1.58. The maximum Gasteiger partial charge on any atom is 0.266 e. The Hall–Kier alpha value is -1.32. The molecule has 0 bridgehead atoms. The Balaban J connectivity index is 2.93. The first kappa shape index (κ1) is 5.81. The number of rotatable bonds is 2. The Kier molecular flexibility index (Phi) is 1.48. The molecular formula is C5H6N2O2. The van der Waals surface area contributed by atoms with Gasteiger partial charge in [-0.05, 0) is 0 Å². The Morgan fingerprint density at radius 2 is 2.56 bits per heavy atom. The van der Waals surface area contributed by atoms with E-state index in [0.29, 0.717) is 6.29 Å². The molecule has 0 radical (unpaired) electrons. The molecule has 1 N–H and O–H groups in total. The van der Waals surface area contributed by atoms with E-state index in [4.69, 9.17) is 0 Å². The Labute approximate surface area is 51.1 Å². The van der Waals surface area contributed by atoms with Crippen molar-refractivity contribution in [1.29, 1.82) is 0 Å². The van der Waals surface area contributed by atoms with Crippen molar-refractivity contribution in [2.75, 3.05) is 0 Å². The van der Waals surface area contributed by atoms with Crippen molar-refractivity contribution in [3.05, 3.63) is 22.6 Å². The van der Waals surface area contributed by atoms with Crippen LogP contribution in [0.1, 0.15) is 0 Å². The molecule has 0 atom stereocenters. The molecule has 0 amide bonds. The van der Waals surface area contributed by atoms with Crippen molar-refractivity contribution >= 4 is 6.29 Å². The van der Waals surface area contributed by atoms with E-state index >= 15 is 0 Å². The minimum Gasteiger partial charge on any atom is -0.302 e. The summed E-state index contributed by atoms with van der Waals surface area (Å²) in [5.41, 5.74) is -0.179. The average molecular weight is 126 g/mol. The number of carbonyl (C=O) groups is 1. The molecular weight excluding hydrogens is 120 g/mol. The van der Waals surface area contributed by atoms with Gasteiger partial charge in [0.15, 0.2) is 0 Å². The molecule has 0 aliphatic rings. The minimum absolute atomic E-state index is 0.103. The molecule has 0 aromatic carbocycles. The van der Waals surface area contributed by atoms with Crippen molar-refractivity contribution in [3.8, 4) is 0 Å². The van der Waals surface area contributed by atoms with Crippen LogP contribution in [-0.4, -0.2) is 16.1 Å². The molecule has 1 aromatic heterocycles. The zero-order chi connectivity index (χ0) is 6.69. The summed E-state index contributed by atoms with van der Waals surface area (Å²) in [6.45, 7) is 0.103. The number of nitrogens with zero attached hydrogens (tertiary/aromatic N) is 1. The Morgan fingerprint density at radius 3 is 3.00 bits per heavy atom. The lowest BCUT2D eigenvalue weighted by atomic mass is 10.7. The quantitative estimate of drug-likeness (QED) is 0.536. The average Bonchev–Trinajstić information content (AvgIpc) is 2.18. The topological polar surface area (TPSA) is 54.9 Å². The monoisotopic (exact) mass is 126 g/mol. The second kappa shape index (κ2) is 2.30. The van der Waals surface area contributed by atoms with Gasteiger partial charge in [0.25, 0.3) is 5.56 Å². The normalized spacial score (nSPS) is 9.33. The van der Waals surface area contributed by atoms with Gasteiger partial charge in [0.2, 0.25) is 0 Å². The van der Waals surface area contributed by atoms with Crippen LogP contribution >= 0.6 is 0 Å². The van der Waals surface area contributed by atoms with E-state index < -0.39 is 0 Å². The molecule has 0 aliphatic heterocycles. The second-order valence-electron chi connectivity index (χ2n) is 1.58. The summed E-state index contributed by atoms with van der Waals surface area (Å²) in [6, 6.07) is 1.36. The Morgan fingerprint density at radius 1 is 1.78 bits per heavy atom. The number of H-pyrrole nitrogens is 1. The van der Waals surface area contributed by atoms with Crippen molar-refractivity contribution in [1.82, 2.24) is 9.78 Å². The maximum absolute atomic E-state index is 10.6. The van der Waals surface area contributed by atoms with Crippen molar-refractivity contribution < 1.29 is 4.79 Å². The first-order valence-electron chi connectivity index (χ1n) is 2.52. The Bertz CT molecular complexity index is 247. The third-order valence-corrected chi connectivity index (χ3v) is 0.979. The summed E-state index contributed by atoms with van der Waals surface area (Å²) in [5, 5.41) is 2.58. The van der Waals surface area contributed by atoms with Gasteiger partial charge in [-0.15, -0.1) is 0 Å². The molecule has 4 heteroatoms. The van der Waals surface area contributed by atoms with Crippen molar-refractivity contribution in [2.45, 2.75) is 6.54 Å². The van der Waals surface area contributed by atoms with Crippen LogP contribution in [0.2, 0.25) is 0 Å². The van der Waals surface area contributed by atoms with Crippen LogP contribution in [0.25, 0.3) is 0 Å². The van der Waals surface area contributed by atoms with Crippen molar-refractivity contribution in [2.24, 2.45) is 0 Å². The van der Waals surface area contributed by atoms with Gasteiger partial charge in [-0.1, -0.05) is 0 Å². The van der Waals surface area contributed by atoms with Crippen LogP contribution in [0.5, 0.6) is 0 Å². The molecule has 0 unspecified atom stereocenters. The van der Waals surface area contributed by atoms with E-state index in [9.17, 15) is 9.59 Å². The highest BCUT2D eigenvalue weighted by Gasteiger charge is 1.90. The van der Waals surface area contributed by atoms with Gasteiger partial charge in [0.05, 0.1) is 6.54 Å². The molecule has 1 heterocycles. The van der Waals surface area contributed by atoms with E-state index in [1.165, 1.54) is 16.9 Å². The molecule has 0 saturated carbocycles. The highest BCUT2D eigenvalue weighted by molar-refractivity contribution is 5.48. The summed E-state index contributed by atoms with van der Waals surface area (Å²) < 4.78 is 1.22. The van der Waals surface area contributed by atoms with Gasteiger partial charge in [0.1, 0.15) is 6.29 Å². The van der Waals surface area contributed by atoms with Gasteiger partial charge >= 0.3 is 0 Å². The molecule has 0 aliphatic carbocycles. The lowest BCUT2D eigenvalue weighted by Gasteiger charge is -1.88. The first-order chi connectivity index (χ1) is 4.34. The number of nitrogens with one attached hydrogen (secondary N) is 1. The lowest BCUT2D eigenvalue weighted by Crippen LogP contribution is -2.16. The van der Waals surface area contributed by atoms with Crippen LogP contribution < -0.4 is 5.56 Å². The van der Waals surface area contributed by atoms with Gasteiger partial charge in [-0.25, -0.2) is 4.68 Å². The van der Waals surface area contributed by atoms with Crippen LogP contribution in [0, 0.1) is 0 Å². The van der Waals surface area contributed by atoms with Crippen LogP contribution in [0.4, 0.5) is 0 Å². The highest BCUT2D eigenvalue weighted by atomic mass is 16.1. The summed E-state index contributed by atoms with van der Waals surface area (Å²) in [6.07, 6.45) is 2.16. The standard InChI is InChI=1S/C5H6N2O2/c8-4-3-7-5(9)1-2-6-7/h1-2,4,6H,3H2. The van der Waals surface area contributed by atoms with E-state index in [1.54, 1.807) is 0 Å². The smallest absolute Gasteiger partial charge is 0.266 e. The number of hydrogen-bond acceptors (Lipinski definition) is 2. The van der Waals surface area contributed by atoms with Gasteiger partial charge in [-0.3, -0.25) is 4.79 Å². The molecule has 0 saturated heterocycles. The highest BCUT2D eigenvalue weighted by Crippen LogP contribution is 1.70. The summed E-state index contributed by atoms with van der Waals surface area (Å²) >= 11 is 0. The molecule has 1 aromatic rings. The van der Waals surface area contributed by atoms with Crippen LogP contribution in [0.3, 0.4) is 0 Å². The van der Waals surface area contributed by atoms with Crippen LogP contribution in [-0.2, 0) is 11.3 Å². The van der Waals surface area contributed by atoms with Gasteiger partial charge in [0, 0.05) is 12.3 Å². The molecule has 4 nitrogen and oxygen atoms in total. The summed E-state index contributed by atoms with van der Waals surface area (Å²) in [4.78, 5) is 20.4. The third kappa shape index (κ3) is 1.07. The summed E-state index contributed by atoms with van der Waals surface area (Å²) in [7, 11) is 0. The van der Waals surface area contributed by atoms with E-state index in [1.807, 2.05) is 0 Å². The van der Waals surface area contributed by atoms with Gasteiger partial charge < -0.3 is 9.89 Å². The zero-order valence-corrected chi connectivity index (χ0v) is 4.70. The van der Waals surface area contributed by atoms with Gasteiger partial charge in [-0.2, -0.15) is 0 Å². The fourth-order valence-corrected chi connectivity index (χ4v) is 0.569. The number of hydrogen-bond donors (Lipinski definition) is 1. The largest absolute Gasteiger partial charge is 0.302 e. The van der Waals surface area contributed by atoms with E-state index in [2.05, 4.69) is 5.10 Å². The summed E-state index contributed by atoms with van der Waals surface area (Å²) in [5.74, 6) is 0. The first-order valence-corrected chi connectivity index (χ1v) is 2.52. The fourth-order valence-electron chi connectivity index (χ4n) is 0.569. The fraction of sp³-hybridized carbons (Fsp3) is 0.200. The van der Waals surface area contributed by atoms with Crippen LogP contribution in [0.15, 0.2) is 17.1 Å². The third-order valence-electron chi connectivity index (χ3n) is 0.979. The predicted octanol–water partition coefficient (Wildman–Crippen LogP) is -0.625. The molecule has 9 heavy (non-hydrogen) atoms. The predicted molar refractivity (Wildman–Crippen MR) is 31.1 cm³/mol. The zero-order valence-electron chi connectivity index (χ0n) is 4.70. The lowest BCUT2D eigenvalue weighted by molar-refractivity contribution is -0.108. The SMILES string of the molecule is O=CCn1[nH]ccc1=O. The number of aldehydes is 1. The maximum atomic E-state index is 10.6. The molecule has 0 fully saturated rings. The molecule has 0 spiro atoms. The number of aromatic nitrogens is 2.